The Balaban J connectivity index is 2.15. The van der Waals surface area contributed by atoms with Crippen LogP contribution in [0.2, 0.25) is 5.02 Å². The first-order valence-electron chi connectivity index (χ1n) is 5.24. The molecule has 0 aromatic heterocycles. The van der Waals surface area contributed by atoms with E-state index in [1.165, 1.54) is 12.1 Å². The van der Waals surface area contributed by atoms with Gasteiger partial charge in [0.05, 0.1) is 16.6 Å². The highest BCUT2D eigenvalue weighted by atomic mass is 79.9. The van der Waals surface area contributed by atoms with E-state index < -0.39 is 5.82 Å². The lowest BCUT2D eigenvalue weighted by molar-refractivity contribution is -0.119. The number of nitrogens with one attached hydrogen (secondary N) is 2. The van der Waals surface area contributed by atoms with E-state index in [0.29, 0.717) is 16.7 Å². The molecule has 0 radical (unpaired) electrons. The van der Waals surface area contributed by atoms with Gasteiger partial charge in [-0.05, 0) is 41.0 Å². The minimum atomic E-state index is -0.442. The third-order valence-corrected chi connectivity index (χ3v) is 3.61. The first-order chi connectivity index (χ1) is 8.08. The molecule has 1 unspecified atom stereocenters. The van der Waals surface area contributed by atoms with Gasteiger partial charge in [-0.3, -0.25) is 4.79 Å². The van der Waals surface area contributed by atoms with Gasteiger partial charge < -0.3 is 10.6 Å². The van der Waals surface area contributed by atoms with E-state index in [9.17, 15) is 9.18 Å². The Labute approximate surface area is 112 Å². The lowest BCUT2D eigenvalue weighted by Gasteiger charge is -2.12. The molecule has 1 saturated heterocycles. The molecule has 1 aromatic carbocycles. The summed E-state index contributed by atoms with van der Waals surface area (Å²) in [6.07, 6.45) is 0.808. The van der Waals surface area contributed by atoms with Crippen molar-refractivity contribution in [2.75, 3.05) is 18.4 Å². The fraction of sp³-hybridized carbons (Fsp3) is 0.364. The Morgan fingerprint density at radius 3 is 2.94 bits per heavy atom. The molecule has 0 aliphatic carbocycles. The van der Waals surface area contributed by atoms with Crippen LogP contribution in [0.3, 0.4) is 0 Å². The van der Waals surface area contributed by atoms with Crippen molar-refractivity contribution in [3.63, 3.8) is 0 Å². The van der Waals surface area contributed by atoms with Crippen molar-refractivity contribution in [3.05, 3.63) is 27.4 Å². The molecule has 1 aliphatic rings. The van der Waals surface area contributed by atoms with Crippen LogP contribution in [-0.4, -0.2) is 19.0 Å². The normalized spacial score (nSPS) is 19.4. The summed E-state index contributed by atoms with van der Waals surface area (Å²) in [5, 5.41) is 6.03. The number of benzene rings is 1. The van der Waals surface area contributed by atoms with E-state index in [1.807, 2.05) is 0 Å². The van der Waals surface area contributed by atoms with E-state index in [4.69, 9.17) is 11.6 Å². The summed E-state index contributed by atoms with van der Waals surface area (Å²) in [7, 11) is 0. The molecule has 1 heterocycles. The quantitative estimate of drug-likeness (QED) is 0.879. The molecule has 0 saturated carbocycles. The van der Waals surface area contributed by atoms with E-state index in [0.717, 1.165) is 13.0 Å². The largest absolute Gasteiger partial charge is 0.324 e. The van der Waals surface area contributed by atoms with Gasteiger partial charge in [-0.1, -0.05) is 11.6 Å². The van der Waals surface area contributed by atoms with Crippen molar-refractivity contribution in [1.29, 1.82) is 0 Å². The number of hydrogen-bond acceptors (Lipinski definition) is 2. The van der Waals surface area contributed by atoms with Crippen molar-refractivity contribution in [1.82, 2.24) is 5.32 Å². The fourth-order valence-corrected chi connectivity index (χ4v) is 2.66. The van der Waals surface area contributed by atoms with Crippen LogP contribution >= 0.6 is 27.5 Å². The SMILES string of the molecule is O=C(Nc1c(Cl)cc(F)cc1Br)C1CCNC1. The number of rotatable bonds is 2. The highest BCUT2D eigenvalue weighted by molar-refractivity contribution is 9.10. The van der Waals surface area contributed by atoms with Crippen LogP contribution in [0, 0.1) is 11.7 Å². The van der Waals surface area contributed by atoms with Gasteiger partial charge in [0.25, 0.3) is 0 Å². The van der Waals surface area contributed by atoms with Gasteiger partial charge in [-0.2, -0.15) is 0 Å². The molecule has 3 nitrogen and oxygen atoms in total. The van der Waals surface area contributed by atoms with Gasteiger partial charge in [-0.25, -0.2) is 4.39 Å². The first kappa shape index (κ1) is 12.8. The molecule has 92 valence electrons. The number of anilines is 1. The monoisotopic (exact) mass is 320 g/mol. The second-order valence-electron chi connectivity index (χ2n) is 3.92. The Morgan fingerprint density at radius 2 is 2.35 bits per heavy atom. The Kier molecular flexibility index (Phi) is 4.01. The average molecular weight is 322 g/mol. The van der Waals surface area contributed by atoms with E-state index in [2.05, 4.69) is 26.6 Å². The maximum atomic E-state index is 13.0. The van der Waals surface area contributed by atoms with Crippen LogP contribution in [0.15, 0.2) is 16.6 Å². The van der Waals surface area contributed by atoms with E-state index >= 15 is 0 Å². The number of hydrogen-bond donors (Lipinski definition) is 2. The summed E-state index contributed by atoms with van der Waals surface area (Å²) in [6.45, 7) is 1.51. The summed E-state index contributed by atoms with van der Waals surface area (Å²) in [5.41, 5.74) is 0.421. The third kappa shape index (κ3) is 2.97. The summed E-state index contributed by atoms with van der Waals surface area (Å²) < 4.78 is 13.5. The minimum Gasteiger partial charge on any atom is -0.324 e. The van der Waals surface area contributed by atoms with Gasteiger partial charge in [0.1, 0.15) is 5.82 Å². The smallest absolute Gasteiger partial charge is 0.228 e. The Hall–Kier alpha value is -0.650. The van der Waals surface area contributed by atoms with Crippen LogP contribution in [0.25, 0.3) is 0 Å². The van der Waals surface area contributed by atoms with E-state index in [1.54, 1.807) is 0 Å². The van der Waals surface area contributed by atoms with Gasteiger partial charge in [0.15, 0.2) is 0 Å². The van der Waals surface area contributed by atoms with Crippen LogP contribution in [0.5, 0.6) is 0 Å². The second-order valence-corrected chi connectivity index (χ2v) is 5.18. The predicted molar refractivity (Wildman–Crippen MR) is 68.7 cm³/mol. The first-order valence-corrected chi connectivity index (χ1v) is 6.41. The molecule has 17 heavy (non-hydrogen) atoms. The van der Waals surface area contributed by atoms with Crippen molar-refractivity contribution in [2.45, 2.75) is 6.42 Å². The molecule has 1 aliphatic heterocycles. The van der Waals surface area contributed by atoms with Gasteiger partial charge in [0.2, 0.25) is 5.91 Å². The molecular formula is C11H11BrClFN2O. The van der Waals surface area contributed by atoms with Crippen LogP contribution in [0.4, 0.5) is 10.1 Å². The van der Waals surface area contributed by atoms with Crippen LogP contribution < -0.4 is 10.6 Å². The van der Waals surface area contributed by atoms with Crippen molar-refractivity contribution in [2.24, 2.45) is 5.92 Å². The molecule has 0 bridgehead atoms. The Bertz CT molecular complexity index is 426. The molecule has 1 amide bonds. The fourth-order valence-electron chi connectivity index (χ4n) is 1.77. The molecule has 2 N–H and O–H groups in total. The van der Waals surface area contributed by atoms with Gasteiger partial charge in [0, 0.05) is 11.0 Å². The topological polar surface area (TPSA) is 41.1 Å². The van der Waals surface area contributed by atoms with Crippen molar-refractivity contribution in [3.8, 4) is 0 Å². The lowest BCUT2D eigenvalue weighted by atomic mass is 10.1. The zero-order valence-corrected chi connectivity index (χ0v) is 11.2. The molecule has 0 spiro atoms. The summed E-state index contributed by atoms with van der Waals surface area (Å²) in [6, 6.07) is 2.45. The number of amides is 1. The maximum absolute atomic E-state index is 13.0. The standard InChI is InChI=1S/C11H11BrClFN2O/c12-8-3-7(14)4-9(13)10(8)16-11(17)6-1-2-15-5-6/h3-4,6,15H,1-2,5H2,(H,16,17). The summed E-state index contributed by atoms with van der Waals surface area (Å²) in [4.78, 5) is 11.9. The third-order valence-electron chi connectivity index (χ3n) is 2.69. The molecular weight excluding hydrogens is 310 g/mol. The zero-order valence-electron chi connectivity index (χ0n) is 8.90. The van der Waals surface area contributed by atoms with Crippen molar-refractivity contribution < 1.29 is 9.18 Å². The number of carbonyl (C=O) groups is 1. The van der Waals surface area contributed by atoms with E-state index in [-0.39, 0.29) is 16.8 Å². The van der Waals surface area contributed by atoms with Crippen molar-refractivity contribution >= 4 is 39.1 Å². The molecule has 2 rings (SSSR count). The lowest BCUT2D eigenvalue weighted by Crippen LogP contribution is -2.25. The number of carbonyl (C=O) groups excluding carboxylic acids is 1. The van der Waals surface area contributed by atoms with Crippen LogP contribution in [0.1, 0.15) is 6.42 Å². The minimum absolute atomic E-state index is 0.0528. The number of halogens is 3. The molecule has 1 fully saturated rings. The van der Waals surface area contributed by atoms with Gasteiger partial charge >= 0.3 is 0 Å². The Morgan fingerprint density at radius 1 is 1.59 bits per heavy atom. The second kappa shape index (κ2) is 5.33. The average Bonchev–Trinajstić information content (AvgIpc) is 2.76. The summed E-state index contributed by atoms with van der Waals surface area (Å²) >= 11 is 9.07. The highest BCUT2D eigenvalue weighted by Crippen LogP contribution is 2.32. The van der Waals surface area contributed by atoms with Gasteiger partial charge in [-0.15, -0.1) is 0 Å². The van der Waals surface area contributed by atoms with Crippen LogP contribution in [-0.2, 0) is 4.79 Å². The molecule has 1 aromatic rings. The molecule has 6 heteroatoms. The maximum Gasteiger partial charge on any atom is 0.228 e. The molecule has 1 atom stereocenters. The predicted octanol–water partition coefficient (Wildman–Crippen LogP) is 2.79. The highest BCUT2D eigenvalue weighted by Gasteiger charge is 2.23. The summed E-state index contributed by atoms with van der Waals surface area (Å²) in [5.74, 6) is -0.588. The zero-order chi connectivity index (χ0) is 12.4.